The largest absolute Gasteiger partial charge is 0.494 e. The van der Waals surface area contributed by atoms with Crippen LogP contribution in [0.15, 0.2) is 95.3 Å². The SMILES string of the molecule is CCCCOc1ccc(C2C(C(=O)OCc3ccccc3)=C(C)Nc3nc(SCc4ccccc4F)nn32)cc1. The van der Waals surface area contributed by atoms with Crippen molar-refractivity contribution >= 4 is 23.7 Å². The quantitative estimate of drug-likeness (QED) is 0.122. The summed E-state index contributed by atoms with van der Waals surface area (Å²) in [4.78, 5) is 18.2. The summed E-state index contributed by atoms with van der Waals surface area (Å²) in [7, 11) is 0. The maximum atomic E-state index is 14.2. The summed E-state index contributed by atoms with van der Waals surface area (Å²) in [6, 6.07) is 23.3. The Morgan fingerprint density at radius 3 is 2.55 bits per heavy atom. The van der Waals surface area contributed by atoms with Crippen molar-refractivity contribution in [2.45, 2.75) is 50.2 Å². The first kappa shape index (κ1) is 27.5. The number of unbranched alkanes of at least 4 members (excludes halogenated alkanes) is 1. The summed E-state index contributed by atoms with van der Waals surface area (Å²) in [5.74, 6) is 0.936. The average molecular weight is 559 g/mol. The highest BCUT2D eigenvalue weighted by Crippen LogP contribution is 2.37. The topological polar surface area (TPSA) is 78.3 Å². The van der Waals surface area contributed by atoms with Gasteiger partial charge in [0.25, 0.3) is 0 Å². The molecule has 1 aromatic heterocycles. The standard InChI is InChI=1S/C31H31FN4O3S/c1-3-4-18-38-25-16-14-23(15-17-25)28-27(29(37)39-19-22-10-6-5-7-11-22)21(2)33-30-34-31(35-36(28)30)40-20-24-12-8-9-13-26(24)32/h5-17,28H,3-4,18-20H2,1-2H3,(H,33,34,35). The van der Waals surface area contributed by atoms with Crippen molar-refractivity contribution < 1.29 is 18.7 Å². The lowest BCUT2D eigenvalue weighted by molar-refractivity contribution is -0.140. The Hall–Kier alpha value is -4.11. The van der Waals surface area contributed by atoms with Crippen molar-refractivity contribution in [3.05, 3.63) is 113 Å². The van der Waals surface area contributed by atoms with Crippen LogP contribution in [0.1, 0.15) is 49.4 Å². The lowest BCUT2D eigenvalue weighted by Gasteiger charge is -2.28. The maximum absolute atomic E-state index is 14.2. The molecule has 0 saturated heterocycles. The molecule has 0 amide bonds. The number of esters is 1. The van der Waals surface area contributed by atoms with Crippen LogP contribution in [0.2, 0.25) is 0 Å². The van der Waals surface area contributed by atoms with Crippen LogP contribution in [0.5, 0.6) is 5.75 Å². The van der Waals surface area contributed by atoms with Gasteiger partial charge in [-0.15, -0.1) is 5.10 Å². The Bertz CT molecular complexity index is 1490. The third kappa shape index (κ3) is 6.37. The summed E-state index contributed by atoms with van der Waals surface area (Å²) in [6.07, 6.45) is 2.03. The number of hydrogen-bond acceptors (Lipinski definition) is 7. The molecular weight excluding hydrogens is 527 g/mol. The predicted molar refractivity (Wildman–Crippen MR) is 154 cm³/mol. The number of halogens is 1. The van der Waals surface area contributed by atoms with Crippen molar-refractivity contribution in [3.63, 3.8) is 0 Å². The molecule has 7 nitrogen and oxygen atoms in total. The fourth-order valence-corrected chi connectivity index (χ4v) is 5.22. The van der Waals surface area contributed by atoms with Crippen LogP contribution in [0.25, 0.3) is 0 Å². The van der Waals surface area contributed by atoms with Crippen LogP contribution in [0.4, 0.5) is 10.3 Å². The van der Waals surface area contributed by atoms with E-state index < -0.39 is 12.0 Å². The minimum Gasteiger partial charge on any atom is -0.494 e. The second-order valence-corrected chi connectivity index (χ2v) is 10.4. The van der Waals surface area contributed by atoms with Gasteiger partial charge in [-0.2, -0.15) is 4.98 Å². The summed E-state index contributed by atoms with van der Waals surface area (Å²) < 4.78 is 27.5. The smallest absolute Gasteiger partial charge is 0.338 e. The lowest BCUT2D eigenvalue weighted by Crippen LogP contribution is -2.29. The number of hydrogen-bond donors (Lipinski definition) is 1. The molecule has 206 valence electrons. The van der Waals surface area contributed by atoms with Crippen LogP contribution in [-0.2, 0) is 21.9 Å². The number of nitrogens with one attached hydrogen (secondary N) is 1. The van der Waals surface area contributed by atoms with Gasteiger partial charge in [0.15, 0.2) is 0 Å². The Labute approximate surface area is 237 Å². The third-order valence-corrected chi connectivity index (χ3v) is 7.43. The van der Waals surface area contributed by atoms with Gasteiger partial charge in [-0.3, -0.25) is 0 Å². The maximum Gasteiger partial charge on any atom is 0.338 e. The molecule has 0 bridgehead atoms. The van der Waals surface area contributed by atoms with Crippen LogP contribution in [0, 0.1) is 5.82 Å². The van der Waals surface area contributed by atoms with E-state index in [1.165, 1.54) is 17.8 Å². The summed E-state index contributed by atoms with van der Waals surface area (Å²) in [5, 5.41) is 8.43. The van der Waals surface area contributed by atoms with E-state index in [4.69, 9.17) is 14.6 Å². The number of aromatic nitrogens is 3. The summed E-state index contributed by atoms with van der Waals surface area (Å²) in [5.41, 5.74) is 3.39. The molecule has 9 heteroatoms. The first-order chi connectivity index (χ1) is 19.5. The molecule has 1 atom stereocenters. The fraction of sp³-hybridized carbons (Fsp3) is 0.258. The highest BCUT2D eigenvalue weighted by molar-refractivity contribution is 7.98. The van der Waals surface area contributed by atoms with Crippen molar-refractivity contribution in [1.29, 1.82) is 0 Å². The third-order valence-electron chi connectivity index (χ3n) is 6.54. The number of fused-ring (bicyclic) bond motifs is 1. The first-order valence-electron chi connectivity index (χ1n) is 13.3. The molecule has 0 aliphatic carbocycles. The Morgan fingerprint density at radius 2 is 1.80 bits per heavy atom. The highest BCUT2D eigenvalue weighted by Gasteiger charge is 2.35. The van der Waals surface area contributed by atoms with Gasteiger partial charge >= 0.3 is 5.97 Å². The van der Waals surface area contributed by atoms with Crippen molar-refractivity contribution in [1.82, 2.24) is 14.8 Å². The molecule has 40 heavy (non-hydrogen) atoms. The number of carbonyl (C=O) groups is 1. The number of ether oxygens (including phenoxy) is 2. The van der Waals surface area contributed by atoms with Gasteiger partial charge in [0.05, 0.1) is 12.2 Å². The van der Waals surface area contributed by atoms with E-state index >= 15 is 0 Å². The predicted octanol–water partition coefficient (Wildman–Crippen LogP) is 6.92. The number of thioether (sulfide) groups is 1. The molecular formula is C31H31FN4O3S. The van der Waals surface area contributed by atoms with E-state index in [-0.39, 0.29) is 12.4 Å². The second kappa shape index (κ2) is 12.8. The number of benzene rings is 3. The van der Waals surface area contributed by atoms with Crippen molar-refractivity contribution in [2.75, 3.05) is 11.9 Å². The zero-order valence-electron chi connectivity index (χ0n) is 22.5. The monoisotopic (exact) mass is 558 g/mol. The summed E-state index contributed by atoms with van der Waals surface area (Å²) >= 11 is 1.33. The molecule has 1 N–H and O–H groups in total. The highest BCUT2D eigenvalue weighted by atomic mass is 32.2. The van der Waals surface area contributed by atoms with Crippen LogP contribution >= 0.6 is 11.8 Å². The second-order valence-electron chi connectivity index (χ2n) is 9.44. The minimum absolute atomic E-state index is 0.154. The molecule has 1 aliphatic rings. The number of anilines is 1. The molecule has 3 aromatic carbocycles. The van der Waals surface area contributed by atoms with Gasteiger partial charge in [0.1, 0.15) is 24.2 Å². The number of nitrogens with zero attached hydrogens (tertiary/aromatic N) is 3. The van der Waals surface area contributed by atoms with Crippen molar-refractivity contribution in [2.24, 2.45) is 0 Å². The molecule has 1 unspecified atom stereocenters. The minimum atomic E-state index is -0.570. The lowest BCUT2D eigenvalue weighted by atomic mass is 9.95. The van der Waals surface area contributed by atoms with Crippen molar-refractivity contribution in [3.8, 4) is 5.75 Å². The normalized spacial score (nSPS) is 14.4. The molecule has 1 aliphatic heterocycles. The van der Waals surface area contributed by atoms with Gasteiger partial charge in [0.2, 0.25) is 11.1 Å². The van der Waals surface area contributed by atoms with E-state index in [2.05, 4.69) is 17.2 Å². The molecule has 5 rings (SSSR count). The van der Waals surface area contributed by atoms with E-state index in [1.807, 2.05) is 61.5 Å². The number of rotatable bonds is 11. The Kier molecular flexibility index (Phi) is 8.81. The van der Waals surface area contributed by atoms with Gasteiger partial charge < -0.3 is 14.8 Å². The molecule has 4 aromatic rings. The molecule has 2 heterocycles. The Balaban J connectivity index is 1.43. The van der Waals surface area contributed by atoms with Crippen LogP contribution in [-0.4, -0.2) is 27.3 Å². The number of allylic oxidation sites excluding steroid dienone is 1. The van der Waals surface area contributed by atoms with Crippen LogP contribution in [0.3, 0.4) is 0 Å². The summed E-state index contributed by atoms with van der Waals surface area (Å²) in [6.45, 7) is 4.75. The molecule has 0 saturated carbocycles. The van der Waals surface area contributed by atoms with Gasteiger partial charge in [-0.25, -0.2) is 13.9 Å². The van der Waals surface area contributed by atoms with E-state index in [0.29, 0.717) is 40.3 Å². The Morgan fingerprint density at radius 1 is 1.05 bits per heavy atom. The molecule has 0 spiro atoms. The van der Waals surface area contributed by atoms with E-state index in [1.54, 1.807) is 22.9 Å². The van der Waals surface area contributed by atoms with Crippen LogP contribution < -0.4 is 10.1 Å². The molecule has 0 fully saturated rings. The zero-order valence-corrected chi connectivity index (χ0v) is 23.3. The van der Waals surface area contributed by atoms with E-state index in [0.717, 1.165) is 29.7 Å². The number of carbonyl (C=O) groups excluding carboxylic acids is 1. The van der Waals surface area contributed by atoms with Gasteiger partial charge in [0, 0.05) is 11.4 Å². The fourth-order valence-electron chi connectivity index (χ4n) is 4.40. The first-order valence-corrected chi connectivity index (χ1v) is 14.3. The van der Waals surface area contributed by atoms with Gasteiger partial charge in [-0.05, 0) is 48.2 Å². The van der Waals surface area contributed by atoms with Gasteiger partial charge in [-0.1, -0.05) is 85.8 Å². The zero-order chi connectivity index (χ0) is 27.9. The average Bonchev–Trinajstić information content (AvgIpc) is 3.38. The van der Waals surface area contributed by atoms with E-state index in [9.17, 15) is 9.18 Å². The molecule has 0 radical (unpaired) electrons.